The molecule has 2 aliphatic heterocycles. The molecule has 1 N–H and O–H groups in total. The van der Waals surface area contributed by atoms with Crippen LogP contribution in [0.15, 0.2) is 12.4 Å². The maximum Gasteiger partial charge on any atom is 0.245 e. The van der Waals surface area contributed by atoms with Crippen molar-refractivity contribution in [3.63, 3.8) is 0 Å². The van der Waals surface area contributed by atoms with Crippen LogP contribution in [-0.4, -0.2) is 57.3 Å². The molecule has 138 valence electrons. The highest BCUT2D eigenvalue weighted by atomic mass is 16.2. The van der Waals surface area contributed by atoms with Crippen LogP contribution in [0.25, 0.3) is 0 Å². The lowest BCUT2D eigenvalue weighted by atomic mass is 9.94. The van der Waals surface area contributed by atoms with Gasteiger partial charge < -0.3 is 14.8 Å². The van der Waals surface area contributed by atoms with Crippen molar-refractivity contribution in [1.82, 2.24) is 19.8 Å². The zero-order valence-electron chi connectivity index (χ0n) is 15.4. The Hall–Kier alpha value is -1.85. The molecule has 0 radical (unpaired) electrons. The lowest BCUT2D eigenvalue weighted by Crippen LogP contribution is -2.54. The van der Waals surface area contributed by atoms with E-state index >= 15 is 0 Å². The standard InChI is InChI=1S/C19H30N4O2/c1-14(2)12-16(23-11-4-3-7-17(23)24)19(25)22-10-5-6-15(13-22)18-20-8-9-21-18/h8-9,14-16H,3-7,10-13H2,1-2H3,(H,20,21)/t15-,16-/m0/s1. The Bertz CT molecular complexity index is 584. The summed E-state index contributed by atoms with van der Waals surface area (Å²) in [6.07, 6.45) is 8.91. The molecule has 6 heteroatoms. The summed E-state index contributed by atoms with van der Waals surface area (Å²) in [6.45, 7) is 6.44. The molecule has 0 aliphatic carbocycles. The minimum absolute atomic E-state index is 0.125. The predicted molar refractivity (Wildman–Crippen MR) is 95.9 cm³/mol. The number of rotatable bonds is 5. The number of carbonyl (C=O) groups excluding carboxylic acids is 2. The van der Waals surface area contributed by atoms with Crippen LogP contribution in [0.4, 0.5) is 0 Å². The van der Waals surface area contributed by atoms with Gasteiger partial charge in [-0.15, -0.1) is 0 Å². The molecule has 3 heterocycles. The highest BCUT2D eigenvalue weighted by Gasteiger charge is 2.36. The number of imidazole rings is 1. The van der Waals surface area contributed by atoms with Gasteiger partial charge in [-0.3, -0.25) is 9.59 Å². The smallest absolute Gasteiger partial charge is 0.245 e. The number of nitrogens with one attached hydrogen (secondary N) is 1. The van der Waals surface area contributed by atoms with Crippen molar-refractivity contribution >= 4 is 11.8 Å². The highest BCUT2D eigenvalue weighted by molar-refractivity contribution is 5.88. The van der Waals surface area contributed by atoms with Gasteiger partial charge in [-0.05, 0) is 38.0 Å². The fourth-order valence-electron chi connectivity index (χ4n) is 4.08. The Morgan fingerprint density at radius 1 is 1.32 bits per heavy atom. The van der Waals surface area contributed by atoms with Crippen molar-refractivity contribution < 1.29 is 9.59 Å². The van der Waals surface area contributed by atoms with Crippen LogP contribution in [0.2, 0.25) is 0 Å². The maximum absolute atomic E-state index is 13.3. The van der Waals surface area contributed by atoms with Crippen LogP contribution in [0.3, 0.4) is 0 Å². The number of carbonyl (C=O) groups is 2. The van der Waals surface area contributed by atoms with Crippen LogP contribution in [0.5, 0.6) is 0 Å². The van der Waals surface area contributed by atoms with Crippen molar-refractivity contribution in [2.45, 2.75) is 64.3 Å². The van der Waals surface area contributed by atoms with Crippen LogP contribution in [0.1, 0.15) is 64.1 Å². The summed E-state index contributed by atoms with van der Waals surface area (Å²) >= 11 is 0. The molecule has 0 bridgehead atoms. The number of piperidine rings is 2. The largest absolute Gasteiger partial charge is 0.348 e. The highest BCUT2D eigenvalue weighted by Crippen LogP contribution is 2.27. The number of hydrogen-bond acceptors (Lipinski definition) is 3. The summed E-state index contributed by atoms with van der Waals surface area (Å²) in [7, 11) is 0. The molecular weight excluding hydrogens is 316 g/mol. The Labute approximate surface area is 150 Å². The van der Waals surface area contributed by atoms with Crippen molar-refractivity contribution in [2.24, 2.45) is 5.92 Å². The average Bonchev–Trinajstić information content (AvgIpc) is 3.14. The van der Waals surface area contributed by atoms with E-state index in [9.17, 15) is 9.59 Å². The number of hydrogen-bond donors (Lipinski definition) is 1. The van der Waals surface area contributed by atoms with Gasteiger partial charge in [0.05, 0.1) is 0 Å². The minimum Gasteiger partial charge on any atom is -0.348 e. The average molecular weight is 346 g/mol. The monoisotopic (exact) mass is 346 g/mol. The summed E-state index contributed by atoms with van der Waals surface area (Å²) in [5, 5.41) is 0. The zero-order chi connectivity index (χ0) is 17.8. The van der Waals surface area contributed by atoms with Gasteiger partial charge in [-0.25, -0.2) is 4.98 Å². The van der Waals surface area contributed by atoms with Crippen LogP contribution in [-0.2, 0) is 9.59 Å². The molecule has 1 aromatic rings. The van der Waals surface area contributed by atoms with Gasteiger partial charge >= 0.3 is 0 Å². The first-order valence-corrected chi connectivity index (χ1v) is 9.63. The number of nitrogens with zero attached hydrogens (tertiary/aromatic N) is 3. The third kappa shape index (κ3) is 4.22. The lowest BCUT2D eigenvalue weighted by molar-refractivity contribution is -0.148. The van der Waals surface area contributed by atoms with E-state index in [0.29, 0.717) is 18.9 Å². The SMILES string of the molecule is CC(C)C[C@@H](C(=O)N1CCC[C@H](c2ncc[nH]2)C1)N1CCCCC1=O. The molecule has 2 saturated heterocycles. The van der Waals surface area contributed by atoms with Crippen LogP contribution >= 0.6 is 0 Å². The fourth-order valence-corrected chi connectivity index (χ4v) is 4.08. The molecule has 2 fully saturated rings. The van der Waals surface area contributed by atoms with Gasteiger partial charge in [0.15, 0.2) is 0 Å². The summed E-state index contributed by atoms with van der Waals surface area (Å²) in [6, 6.07) is -0.303. The first-order chi connectivity index (χ1) is 12.1. The molecule has 6 nitrogen and oxygen atoms in total. The number of aromatic nitrogens is 2. The van der Waals surface area contributed by atoms with E-state index in [2.05, 4.69) is 23.8 Å². The second-order valence-electron chi connectivity index (χ2n) is 7.79. The minimum atomic E-state index is -0.303. The molecule has 0 aromatic carbocycles. The number of amides is 2. The van der Waals surface area contributed by atoms with E-state index in [1.54, 1.807) is 6.20 Å². The number of H-pyrrole nitrogens is 1. The molecular formula is C19H30N4O2. The van der Waals surface area contributed by atoms with Crippen molar-refractivity contribution in [2.75, 3.05) is 19.6 Å². The van der Waals surface area contributed by atoms with E-state index in [0.717, 1.165) is 51.0 Å². The van der Waals surface area contributed by atoms with Gasteiger partial charge in [0.2, 0.25) is 11.8 Å². The molecule has 0 spiro atoms. The molecule has 2 aliphatic rings. The molecule has 0 unspecified atom stereocenters. The predicted octanol–water partition coefficient (Wildman–Crippen LogP) is 2.54. The van der Waals surface area contributed by atoms with Gasteiger partial charge in [0.1, 0.15) is 11.9 Å². The number of aromatic amines is 1. The second kappa shape index (κ2) is 8.02. The quantitative estimate of drug-likeness (QED) is 0.891. The van der Waals surface area contributed by atoms with Gasteiger partial charge in [0.25, 0.3) is 0 Å². The lowest BCUT2D eigenvalue weighted by Gasteiger charge is -2.40. The summed E-state index contributed by atoms with van der Waals surface area (Å²) in [5.41, 5.74) is 0. The summed E-state index contributed by atoms with van der Waals surface area (Å²) in [4.78, 5) is 37.1. The Kier molecular flexibility index (Phi) is 5.76. The normalized spacial score (nSPS) is 23.2. The molecule has 25 heavy (non-hydrogen) atoms. The van der Waals surface area contributed by atoms with E-state index < -0.39 is 0 Å². The van der Waals surface area contributed by atoms with E-state index in [-0.39, 0.29) is 23.8 Å². The fraction of sp³-hybridized carbons (Fsp3) is 0.737. The Morgan fingerprint density at radius 3 is 2.84 bits per heavy atom. The maximum atomic E-state index is 13.3. The topological polar surface area (TPSA) is 69.3 Å². The van der Waals surface area contributed by atoms with Gasteiger partial charge in [-0.2, -0.15) is 0 Å². The first-order valence-electron chi connectivity index (χ1n) is 9.63. The van der Waals surface area contributed by atoms with E-state index in [1.807, 2.05) is 16.0 Å². The van der Waals surface area contributed by atoms with E-state index in [1.165, 1.54) is 0 Å². The third-order valence-corrected chi connectivity index (χ3v) is 5.36. The molecule has 2 atom stereocenters. The zero-order valence-corrected chi connectivity index (χ0v) is 15.4. The summed E-state index contributed by atoms with van der Waals surface area (Å²) < 4.78 is 0. The van der Waals surface area contributed by atoms with Crippen molar-refractivity contribution in [3.8, 4) is 0 Å². The molecule has 3 rings (SSSR count). The summed E-state index contributed by atoms with van der Waals surface area (Å²) in [5.74, 6) is 1.89. The third-order valence-electron chi connectivity index (χ3n) is 5.36. The first kappa shape index (κ1) is 18.0. The van der Waals surface area contributed by atoms with Crippen LogP contribution < -0.4 is 0 Å². The van der Waals surface area contributed by atoms with Crippen molar-refractivity contribution in [3.05, 3.63) is 18.2 Å². The molecule has 2 amide bonds. The number of likely N-dealkylation sites (tertiary alicyclic amines) is 2. The van der Waals surface area contributed by atoms with Crippen LogP contribution in [0, 0.1) is 5.92 Å². The van der Waals surface area contributed by atoms with E-state index in [4.69, 9.17) is 0 Å². The van der Waals surface area contributed by atoms with Gasteiger partial charge in [0, 0.05) is 44.4 Å². The molecule has 0 saturated carbocycles. The Balaban J connectivity index is 1.73. The Morgan fingerprint density at radius 2 is 2.16 bits per heavy atom. The van der Waals surface area contributed by atoms with Gasteiger partial charge in [-0.1, -0.05) is 13.8 Å². The second-order valence-corrected chi connectivity index (χ2v) is 7.79. The van der Waals surface area contributed by atoms with Crippen molar-refractivity contribution in [1.29, 1.82) is 0 Å². The molecule has 1 aromatic heterocycles.